The van der Waals surface area contributed by atoms with E-state index in [4.69, 9.17) is 15.1 Å². The average Bonchev–Trinajstić information content (AvgIpc) is 3.90. The lowest BCUT2D eigenvalue weighted by atomic mass is 9.97. The molecule has 0 radical (unpaired) electrons. The number of para-hydroxylation sites is 3. The third-order valence-corrected chi connectivity index (χ3v) is 11.5. The Bertz CT molecular complexity index is 3530. The molecule has 8 aromatic carbocycles. The molecule has 0 saturated carbocycles. The van der Waals surface area contributed by atoms with Crippen molar-refractivity contribution in [1.29, 1.82) is 0 Å². The molecule has 0 aliphatic heterocycles. The lowest BCUT2D eigenvalue weighted by molar-refractivity contribution is 0.949. The molecule has 0 aliphatic rings. The number of hydrogen-bond acceptors (Lipinski definition) is 3. The number of fused-ring (bicyclic) bond motifs is 10. The maximum atomic E-state index is 5.33. The highest BCUT2D eigenvalue weighted by molar-refractivity contribution is 6.25. The molecule has 0 fully saturated rings. The Morgan fingerprint density at radius 1 is 0.362 bits per heavy atom. The predicted octanol–water partition coefficient (Wildman–Crippen LogP) is 13.3. The highest BCUT2D eigenvalue weighted by Crippen LogP contribution is 2.42. The number of rotatable bonds is 5. The molecule has 0 unspecified atom stereocenters. The largest absolute Gasteiger partial charge is 0.309 e. The Kier molecular flexibility index (Phi) is 7.16. The topological polar surface area (TPSA) is 48.0 Å². The van der Waals surface area contributed by atoms with E-state index in [0.29, 0.717) is 0 Å². The normalized spacial score (nSPS) is 11.8. The van der Waals surface area contributed by atoms with Crippen LogP contribution in [0.1, 0.15) is 0 Å². The average molecular weight is 740 g/mol. The number of pyridine rings is 1. The standard InChI is InChI=1S/C53H33N5/c1-3-13-36(14-4-1)47-33-49-44-19-8-11-21-46(44)55-53(58(49)56-47)38-25-23-34(24-26-38)35-27-29-39(30-28-35)57-48-22-12-9-18-41(48)43-32-31-42-40-17-7-10-20-45(40)54-51(50(42)52(43)57)37-15-5-2-6-16-37/h1-33H. The molecule has 0 N–H and O–H groups in total. The van der Waals surface area contributed by atoms with Gasteiger partial charge < -0.3 is 4.57 Å². The highest BCUT2D eigenvalue weighted by Gasteiger charge is 2.20. The van der Waals surface area contributed by atoms with Gasteiger partial charge in [-0.05, 0) is 52.9 Å². The molecule has 0 aliphatic carbocycles. The predicted molar refractivity (Wildman–Crippen MR) is 239 cm³/mol. The smallest absolute Gasteiger partial charge is 0.161 e. The summed E-state index contributed by atoms with van der Waals surface area (Å²) in [4.78, 5) is 10.5. The van der Waals surface area contributed by atoms with E-state index in [2.05, 4.69) is 180 Å². The second kappa shape index (κ2) is 12.8. The van der Waals surface area contributed by atoms with Crippen LogP contribution in [-0.2, 0) is 0 Å². The van der Waals surface area contributed by atoms with E-state index in [-0.39, 0.29) is 0 Å². The summed E-state index contributed by atoms with van der Waals surface area (Å²) in [6, 6.07) is 70.8. The summed E-state index contributed by atoms with van der Waals surface area (Å²) in [6.07, 6.45) is 0. The molecule has 0 atom stereocenters. The number of nitrogens with zero attached hydrogens (tertiary/aromatic N) is 5. The van der Waals surface area contributed by atoms with Gasteiger partial charge in [0, 0.05) is 49.3 Å². The molecule has 12 rings (SSSR count). The van der Waals surface area contributed by atoms with Crippen LogP contribution >= 0.6 is 0 Å². The van der Waals surface area contributed by atoms with Gasteiger partial charge in [0.15, 0.2) is 5.82 Å². The third-order valence-electron chi connectivity index (χ3n) is 11.5. The quantitative estimate of drug-likeness (QED) is 0.165. The van der Waals surface area contributed by atoms with Crippen molar-refractivity contribution >= 4 is 59.9 Å². The number of hydrogen-bond donors (Lipinski definition) is 0. The first kappa shape index (κ1) is 32.4. The van der Waals surface area contributed by atoms with Crippen LogP contribution in [0.15, 0.2) is 200 Å². The Hall–Kier alpha value is -7.89. The van der Waals surface area contributed by atoms with Crippen LogP contribution in [0.3, 0.4) is 0 Å². The summed E-state index contributed by atoms with van der Waals surface area (Å²) in [5.41, 5.74) is 13.8. The molecule has 12 aromatic rings. The second-order valence-corrected chi connectivity index (χ2v) is 14.8. The molecule has 0 bridgehead atoms. The SMILES string of the molecule is c1ccc(-c2cc3c4ccccc4nc(-c4ccc(-c5ccc(-n6c7ccccc7c7ccc8c9ccccc9nc(-c9ccccc9)c8c76)cc5)cc4)n3n2)cc1. The van der Waals surface area contributed by atoms with Crippen LogP contribution in [0.4, 0.5) is 0 Å². The molecular weight excluding hydrogens is 707 g/mol. The van der Waals surface area contributed by atoms with Crippen LogP contribution < -0.4 is 0 Å². The van der Waals surface area contributed by atoms with Gasteiger partial charge in [-0.1, -0.05) is 164 Å². The van der Waals surface area contributed by atoms with Gasteiger partial charge >= 0.3 is 0 Å². The van der Waals surface area contributed by atoms with Gasteiger partial charge in [0.25, 0.3) is 0 Å². The monoisotopic (exact) mass is 739 g/mol. The summed E-state index contributed by atoms with van der Waals surface area (Å²) < 4.78 is 4.42. The first-order valence-electron chi connectivity index (χ1n) is 19.6. The van der Waals surface area contributed by atoms with E-state index < -0.39 is 0 Å². The zero-order valence-corrected chi connectivity index (χ0v) is 31.3. The maximum Gasteiger partial charge on any atom is 0.161 e. The van der Waals surface area contributed by atoms with Gasteiger partial charge in [0.1, 0.15) is 0 Å². The number of benzene rings is 8. The van der Waals surface area contributed by atoms with E-state index in [0.717, 1.165) is 94.5 Å². The minimum atomic E-state index is 0.813. The fraction of sp³-hybridized carbons (Fsp3) is 0. The van der Waals surface area contributed by atoms with Gasteiger partial charge in [0.05, 0.1) is 39.0 Å². The van der Waals surface area contributed by atoms with Crippen molar-refractivity contribution in [1.82, 2.24) is 24.1 Å². The van der Waals surface area contributed by atoms with E-state index in [9.17, 15) is 0 Å². The van der Waals surface area contributed by atoms with E-state index in [1.807, 2.05) is 28.8 Å². The fourth-order valence-electron chi connectivity index (χ4n) is 8.81. The van der Waals surface area contributed by atoms with Crippen LogP contribution in [0.2, 0.25) is 0 Å². The molecule has 4 aromatic heterocycles. The van der Waals surface area contributed by atoms with Crippen LogP contribution in [-0.4, -0.2) is 24.1 Å². The van der Waals surface area contributed by atoms with E-state index >= 15 is 0 Å². The van der Waals surface area contributed by atoms with Gasteiger partial charge in [0.2, 0.25) is 0 Å². The second-order valence-electron chi connectivity index (χ2n) is 14.8. The summed E-state index contributed by atoms with van der Waals surface area (Å²) in [5, 5.41) is 12.1. The molecule has 58 heavy (non-hydrogen) atoms. The minimum absolute atomic E-state index is 0.813. The van der Waals surface area contributed by atoms with E-state index in [1.54, 1.807) is 0 Å². The maximum absolute atomic E-state index is 5.33. The molecule has 4 heterocycles. The number of aromatic nitrogens is 5. The molecule has 5 nitrogen and oxygen atoms in total. The Labute approximate surface area is 333 Å². The summed E-state index contributed by atoms with van der Waals surface area (Å²) in [7, 11) is 0. The molecule has 0 saturated heterocycles. The Morgan fingerprint density at radius 2 is 0.931 bits per heavy atom. The zero-order chi connectivity index (χ0) is 38.2. The lowest BCUT2D eigenvalue weighted by Gasteiger charge is -2.15. The van der Waals surface area contributed by atoms with Gasteiger partial charge in [-0.15, -0.1) is 0 Å². The fourth-order valence-corrected chi connectivity index (χ4v) is 8.81. The minimum Gasteiger partial charge on any atom is -0.309 e. The van der Waals surface area contributed by atoms with Crippen molar-refractivity contribution in [2.75, 3.05) is 0 Å². The lowest BCUT2D eigenvalue weighted by Crippen LogP contribution is -1.99. The summed E-state index contributed by atoms with van der Waals surface area (Å²) in [5.74, 6) is 0.813. The first-order chi connectivity index (χ1) is 28.8. The van der Waals surface area contributed by atoms with Crippen LogP contribution in [0, 0.1) is 0 Å². The van der Waals surface area contributed by atoms with Gasteiger partial charge in [-0.2, -0.15) is 5.10 Å². The van der Waals surface area contributed by atoms with Crippen molar-refractivity contribution in [3.05, 3.63) is 200 Å². The Morgan fingerprint density at radius 3 is 1.67 bits per heavy atom. The van der Waals surface area contributed by atoms with Crippen molar-refractivity contribution in [3.63, 3.8) is 0 Å². The molecule has 5 heteroatoms. The highest BCUT2D eigenvalue weighted by atomic mass is 15.3. The molecular formula is C53H33N5. The van der Waals surface area contributed by atoms with Crippen LogP contribution in [0.5, 0.6) is 0 Å². The van der Waals surface area contributed by atoms with Crippen molar-refractivity contribution < 1.29 is 0 Å². The first-order valence-corrected chi connectivity index (χ1v) is 19.6. The molecule has 0 spiro atoms. The van der Waals surface area contributed by atoms with E-state index in [1.165, 1.54) is 16.2 Å². The van der Waals surface area contributed by atoms with Gasteiger partial charge in [-0.3, -0.25) is 0 Å². The van der Waals surface area contributed by atoms with Crippen LogP contribution in [0.25, 0.3) is 111 Å². The van der Waals surface area contributed by atoms with Crippen molar-refractivity contribution in [3.8, 4) is 50.7 Å². The summed E-state index contributed by atoms with van der Waals surface area (Å²) in [6.45, 7) is 0. The van der Waals surface area contributed by atoms with Crippen molar-refractivity contribution in [2.24, 2.45) is 0 Å². The Balaban J connectivity index is 0.989. The molecule has 0 amide bonds. The van der Waals surface area contributed by atoms with Gasteiger partial charge in [-0.25, -0.2) is 14.5 Å². The summed E-state index contributed by atoms with van der Waals surface area (Å²) >= 11 is 0. The third kappa shape index (κ3) is 5.00. The zero-order valence-electron chi connectivity index (χ0n) is 31.3. The molecule has 270 valence electrons. The van der Waals surface area contributed by atoms with Crippen molar-refractivity contribution in [2.45, 2.75) is 0 Å².